The summed E-state index contributed by atoms with van der Waals surface area (Å²) in [6, 6.07) is 15.0. The minimum absolute atomic E-state index is 0.187. The maximum absolute atomic E-state index is 6.37. The molecule has 0 aliphatic rings. The van der Waals surface area contributed by atoms with E-state index < -0.39 is 6.23 Å². The zero-order chi connectivity index (χ0) is 20.1. The van der Waals surface area contributed by atoms with Crippen molar-refractivity contribution in [1.29, 1.82) is 0 Å². The van der Waals surface area contributed by atoms with Gasteiger partial charge >= 0.3 is 0 Å². The van der Waals surface area contributed by atoms with E-state index in [0.29, 0.717) is 22.4 Å². The molecule has 0 saturated carbocycles. The smallest absolute Gasteiger partial charge is 0.203 e. The van der Waals surface area contributed by atoms with Crippen LogP contribution in [0.3, 0.4) is 0 Å². The molecular formula is C22H24Cl2N2O2. The first-order valence-corrected chi connectivity index (χ1v) is 9.84. The molecule has 2 atom stereocenters. The van der Waals surface area contributed by atoms with Crippen LogP contribution in [0.25, 0.3) is 0 Å². The van der Waals surface area contributed by atoms with Crippen molar-refractivity contribution in [3.05, 3.63) is 82.9 Å². The molecule has 1 heterocycles. The minimum Gasteiger partial charge on any atom is -0.467 e. The lowest BCUT2D eigenvalue weighted by atomic mass is 9.87. The summed E-state index contributed by atoms with van der Waals surface area (Å²) in [6.45, 7) is 6.85. The average molecular weight is 419 g/mol. The first kappa shape index (κ1) is 20.7. The highest BCUT2D eigenvalue weighted by Gasteiger charge is 2.36. The Bertz CT molecular complexity index is 857. The van der Waals surface area contributed by atoms with E-state index in [1.807, 2.05) is 59.3 Å². The minimum atomic E-state index is -0.393. The molecule has 4 nitrogen and oxygen atoms in total. The van der Waals surface area contributed by atoms with E-state index in [2.05, 4.69) is 25.8 Å². The van der Waals surface area contributed by atoms with Gasteiger partial charge in [0.1, 0.15) is 11.9 Å². The molecule has 0 fully saturated rings. The number of hydrogen-bond donors (Lipinski definition) is 0. The van der Waals surface area contributed by atoms with E-state index in [1.165, 1.54) is 0 Å². The number of ether oxygens (including phenoxy) is 2. The fraction of sp³-hybridized carbons (Fsp3) is 0.318. The average Bonchev–Trinajstić information content (AvgIpc) is 3.17. The van der Waals surface area contributed by atoms with Gasteiger partial charge in [0, 0.05) is 22.4 Å². The van der Waals surface area contributed by atoms with Gasteiger partial charge in [-0.05, 0) is 47.4 Å². The van der Waals surface area contributed by atoms with Crippen molar-refractivity contribution >= 4 is 23.2 Å². The highest BCUT2D eigenvalue weighted by Crippen LogP contribution is 2.34. The normalized spacial score (nSPS) is 13.9. The van der Waals surface area contributed by atoms with Crippen LogP contribution in [0.1, 0.15) is 32.6 Å². The number of benzene rings is 2. The fourth-order valence-electron chi connectivity index (χ4n) is 2.88. The van der Waals surface area contributed by atoms with Gasteiger partial charge < -0.3 is 9.47 Å². The van der Waals surface area contributed by atoms with Crippen LogP contribution in [0.15, 0.2) is 67.3 Å². The predicted octanol–water partition coefficient (Wildman–Crippen LogP) is 6.40. The molecule has 0 spiro atoms. The van der Waals surface area contributed by atoms with Crippen molar-refractivity contribution < 1.29 is 9.47 Å². The van der Waals surface area contributed by atoms with E-state index in [9.17, 15) is 0 Å². The number of aromatic nitrogens is 2. The van der Waals surface area contributed by atoms with Crippen LogP contribution in [0, 0.1) is 5.41 Å². The van der Waals surface area contributed by atoms with Gasteiger partial charge in [0.2, 0.25) is 6.23 Å². The molecule has 3 aromatic rings. The maximum atomic E-state index is 6.37. The molecule has 0 aliphatic carbocycles. The summed E-state index contributed by atoms with van der Waals surface area (Å²) in [6.07, 6.45) is 4.72. The molecule has 2 unspecified atom stereocenters. The highest BCUT2D eigenvalue weighted by molar-refractivity contribution is 6.30. The lowest BCUT2D eigenvalue weighted by molar-refractivity contribution is -0.117. The Morgan fingerprint density at radius 1 is 0.964 bits per heavy atom. The summed E-state index contributed by atoms with van der Waals surface area (Å²) in [5.74, 6) is 0.715. The van der Waals surface area contributed by atoms with E-state index >= 15 is 0 Å². The molecule has 28 heavy (non-hydrogen) atoms. The van der Waals surface area contributed by atoms with Crippen molar-refractivity contribution in [3.8, 4) is 5.75 Å². The monoisotopic (exact) mass is 418 g/mol. The highest BCUT2D eigenvalue weighted by atomic mass is 35.5. The molecule has 0 bridgehead atoms. The molecule has 0 saturated heterocycles. The standard InChI is InChI=1S/C22H24Cl2N2O2/c1-22(2,3)20(27-14-16-4-6-17(23)7-5-16)21(26-13-12-25-15-26)28-19-10-8-18(24)9-11-19/h4-13,15,20-21H,14H2,1-3H3. The van der Waals surface area contributed by atoms with Crippen LogP contribution in [0.5, 0.6) is 5.75 Å². The van der Waals surface area contributed by atoms with Crippen molar-refractivity contribution in [2.45, 2.75) is 39.7 Å². The lowest BCUT2D eigenvalue weighted by Crippen LogP contribution is -2.40. The van der Waals surface area contributed by atoms with Crippen LogP contribution in [0.4, 0.5) is 0 Å². The molecule has 0 aliphatic heterocycles. The Morgan fingerprint density at radius 3 is 2.11 bits per heavy atom. The third kappa shape index (κ3) is 5.51. The van der Waals surface area contributed by atoms with Crippen molar-refractivity contribution in [3.63, 3.8) is 0 Å². The Kier molecular flexibility index (Phi) is 6.65. The van der Waals surface area contributed by atoms with Gasteiger partial charge in [0.15, 0.2) is 0 Å². The van der Waals surface area contributed by atoms with Gasteiger partial charge in [-0.3, -0.25) is 4.57 Å². The second kappa shape index (κ2) is 8.99. The molecule has 0 amide bonds. The quantitative estimate of drug-likeness (QED) is 0.445. The van der Waals surface area contributed by atoms with Crippen molar-refractivity contribution in [2.75, 3.05) is 0 Å². The van der Waals surface area contributed by atoms with Gasteiger partial charge in [-0.25, -0.2) is 4.98 Å². The van der Waals surface area contributed by atoms with E-state index in [0.717, 1.165) is 5.56 Å². The molecule has 0 radical (unpaired) electrons. The summed E-state index contributed by atoms with van der Waals surface area (Å²) in [5.41, 5.74) is 0.864. The van der Waals surface area contributed by atoms with Crippen LogP contribution < -0.4 is 4.74 Å². The van der Waals surface area contributed by atoms with Gasteiger partial charge in [0.05, 0.1) is 12.9 Å². The number of halogens is 2. The number of nitrogens with zero attached hydrogens (tertiary/aromatic N) is 2. The van der Waals surface area contributed by atoms with Crippen LogP contribution in [0.2, 0.25) is 10.0 Å². The predicted molar refractivity (Wildman–Crippen MR) is 113 cm³/mol. The van der Waals surface area contributed by atoms with Crippen molar-refractivity contribution in [2.24, 2.45) is 5.41 Å². The van der Waals surface area contributed by atoms with E-state index in [1.54, 1.807) is 12.5 Å². The molecule has 6 heteroatoms. The largest absolute Gasteiger partial charge is 0.467 e. The number of hydrogen-bond acceptors (Lipinski definition) is 3. The summed E-state index contributed by atoms with van der Waals surface area (Å²) in [5, 5.41) is 1.37. The van der Waals surface area contributed by atoms with Crippen LogP contribution in [-0.2, 0) is 11.3 Å². The van der Waals surface area contributed by atoms with Gasteiger partial charge in [-0.1, -0.05) is 56.1 Å². The molecule has 2 aromatic carbocycles. The Labute approximate surface area is 176 Å². The van der Waals surface area contributed by atoms with Gasteiger partial charge in [-0.15, -0.1) is 0 Å². The SMILES string of the molecule is CC(C)(C)C(OCc1ccc(Cl)cc1)C(Oc1ccc(Cl)cc1)n1ccnc1. The van der Waals surface area contributed by atoms with Crippen LogP contribution in [-0.4, -0.2) is 15.7 Å². The summed E-state index contributed by atoms with van der Waals surface area (Å²) in [7, 11) is 0. The van der Waals surface area contributed by atoms with E-state index in [4.69, 9.17) is 32.7 Å². The van der Waals surface area contributed by atoms with Gasteiger partial charge in [-0.2, -0.15) is 0 Å². The summed E-state index contributed by atoms with van der Waals surface area (Å²) in [4.78, 5) is 4.18. The molecule has 148 valence electrons. The Morgan fingerprint density at radius 2 is 1.57 bits per heavy atom. The molecular weight excluding hydrogens is 395 g/mol. The summed E-state index contributed by atoms with van der Waals surface area (Å²) >= 11 is 12.0. The topological polar surface area (TPSA) is 36.3 Å². The fourth-order valence-corrected chi connectivity index (χ4v) is 3.13. The molecule has 3 rings (SSSR count). The third-order valence-electron chi connectivity index (χ3n) is 4.34. The number of imidazole rings is 1. The zero-order valence-corrected chi connectivity index (χ0v) is 17.7. The first-order valence-electron chi connectivity index (χ1n) is 9.08. The second-order valence-corrected chi connectivity index (χ2v) is 8.57. The molecule has 1 aromatic heterocycles. The van der Waals surface area contributed by atoms with E-state index in [-0.39, 0.29) is 11.5 Å². The van der Waals surface area contributed by atoms with Gasteiger partial charge in [0.25, 0.3) is 0 Å². The number of rotatable bonds is 7. The zero-order valence-electron chi connectivity index (χ0n) is 16.2. The lowest BCUT2D eigenvalue weighted by Gasteiger charge is -2.37. The third-order valence-corrected chi connectivity index (χ3v) is 4.85. The first-order chi connectivity index (χ1) is 13.3. The maximum Gasteiger partial charge on any atom is 0.203 e. The summed E-state index contributed by atoms with van der Waals surface area (Å²) < 4.78 is 14.6. The Hall–Kier alpha value is -2.01. The van der Waals surface area contributed by atoms with Crippen molar-refractivity contribution in [1.82, 2.24) is 9.55 Å². The Balaban J connectivity index is 1.85. The second-order valence-electron chi connectivity index (χ2n) is 7.70. The van der Waals surface area contributed by atoms with Crippen LogP contribution >= 0.6 is 23.2 Å². The molecule has 0 N–H and O–H groups in total.